The highest BCUT2D eigenvalue weighted by Gasteiger charge is 2.33. The van der Waals surface area contributed by atoms with Crippen molar-refractivity contribution in [2.75, 3.05) is 47.5 Å². The molecule has 3 rings (SSSR count). The lowest BCUT2D eigenvalue weighted by molar-refractivity contribution is -0.121. The van der Waals surface area contributed by atoms with E-state index >= 15 is 0 Å². The maximum Gasteiger partial charge on any atom is 0.414 e. The second kappa shape index (κ2) is 8.98. The van der Waals surface area contributed by atoms with E-state index in [1.165, 1.54) is 11.0 Å². The number of cyclic esters (lactones) is 1. The topological polar surface area (TPSA) is 96.0 Å². The molecule has 1 aromatic rings. The second-order valence-corrected chi connectivity index (χ2v) is 9.60. The molecule has 1 unspecified atom stereocenters. The van der Waals surface area contributed by atoms with Crippen LogP contribution in [0, 0.1) is 5.82 Å². The van der Waals surface area contributed by atoms with Gasteiger partial charge in [0.2, 0.25) is 5.91 Å². The van der Waals surface area contributed by atoms with E-state index in [4.69, 9.17) is 4.74 Å². The Balaban J connectivity index is 1.65. The summed E-state index contributed by atoms with van der Waals surface area (Å²) in [4.78, 5) is 26.8. The first-order valence-electron chi connectivity index (χ1n) is 9.79. The molecule has 160 valence electrons. The van der Waals surface area contributed by atoms with Gasteiger partial charge in [0.1, 0.15) is 11.9 Å². The first-order valence-corrected chi connectivity index (χ1v) is 11.6. The summed E-state index contributed by atoms with van der Waals surface area (Å²) < 4.78 is 43.5. The first-order chi connectivity index (χ1) is 13.8. The number of nitrogens with zero attached hydrogens (tertiary/aromatic N) is 2. The van der Waals surface area contributed by atoms with Gasteiger partial charge in [-0.05, 0) is 31.0 Å². The van der Waals surface area contributed by atoms with Gasteiger partial charge in [-0.15, -0.1) is 0 Å². The Kier molecular flexibility index (Phi) is 6.61. The average molecular weight is 427 g/mol. The number of nitrogens with one attached hydrogen (secondary N) is 1. The van der Waals surface area contributed by atoms with E-state index in [0.717, 1.165) is 6.42 Å². The summed E-state index contributed by atoms with van der Waals surface area (Å²) >= 11 is 0. The summed E-state index contributed by atoms with van der Waals surface area (Å²) in [6, 6.07) is 4.44. The molecule has 2 heterocycles. The van der Waals surface area contributed by atoms with Crippen LogP contribution < -0.4 is 15.1 Å². The second-order valence-electron chi connectivity index (χ2n) is 7.30. The van der Waals surface area contributed by atoms with Gasteiger partial charge in [-0.25, -0.2) is 17.6 Å². The molecular formula is C19H26FN3O5S. The molecule has 2 fully saturated rings. The Labute approximate surface area is 169 Å². The maximum absolute atomic E-state index is 14.7. The van der Waals surface area contributed by atoms with Gasteiger partial charge in [0.15, 0.2) is 9.84 Å². The lowest BCUT2D eigenvalue weighted by Crippen LogP contribution is -2.34. The van der Waals surface area contributed by atoms with Gasteiger partial charge < -0.3 is 15.0 Å². The maximum atomic E-state index is 14.7. The third-order valence-electron chi connectivity index (χ3n) is 5.02. The average Bonchev–Trinajstić information content (AvgIpc) is 2.94. The molecule has 1 aromatic carbocycles. The van der Waals surface area contributed by atoms with E-state index in [1.807, 2.05) is 6.92 Å². The molecular weight excluding hydrogens is 401 g/mol. The van der Waals surface area contributed by atoms with Gasteiger partial charge >= 0.3 is 6.09 Å². The number of carbonyl (C=O) groups excluding carboxylic acids is 2. The van der Waals surface area contributed by atoms with Gasteiger partial charge in [-0.2, -0.15) is 0 Å². The standard InChI is InChI=1S/C19H26FN3O5S/c1-2-4-18(24)21-12-15-13-23(19(25)28-15)14-5-6-17(16(20)11-14)22-7-3-9-29(26,27)10-8-22/h5-6,11,15H,2-4,7-10,12-13H2,1H3,(H,21,24). The highest BCUT2D eigenvalue weighted by Crippen LogP contribution is 2.28. The number of hydrogen-bond donors (Lipinski definition) is 1. The van der Waals surface area contributed by atoms with Gasteiger partial charge in [0, 0.05) is 19.5 Å². The van der Waals surface area contributed by atoms with Crippen molar-refractivity contribution in [3.05, 3.63) is 24.0 Å². The molecule has 0 aliphatic carbocycles. The van der Waals surface area contributed by atoms with E-state index < -0.39 is 27.9 Å². The molecule has 0 saturated carbocycles. The van der Waals surface area contributed by atoms with Crippen molar-refractivity contribution < 1.29 is 27.1 Å². The Bertz CT molecular complexity index is 877. The quantitative estimate of drug-likeness (QED) is 0.742. The molecule has 1 atom stereocenters. The number of sulfone groups is 1. The minimum atomic E-state index is -3.09. The summed E-state index contributed by atoms with van der Waals surface area (Å²) in [6.45, 7) is 3.03. The molecule has 2 amide bonds. The minimum Gasteiger partial charge on any atom is -0.442 e. The molecule has 2 saturated heterocycles. The predicted molar refractivity (Wildman–Crippen MR) is 107 cm³/mol. The summed E-state index contributed by atoms with van der Waals surface area (Å²) in [6.07, 6.45) is 0.508. The molecule has 29 heavy (non-hydrogen) atoms. The first kappa shape index (κ1) is 21.4. The highest BCUT2D eigenvalue weighted by atomic mass is 32.2. The number of anilines is 2. The monoisotopic (exact) mass is 427 g/mol. The summed E-state index contributed by atoms with van der Waals surface area (Å²) in [5.74, 6) is -0.511. The van der Waals surface area contributed by atoms with Gasteiger partial charge in [-0.1, -0.05) is 6.92 Å². The van der Waals surface area contributed by atoms with Crippen LogP contribution in [0.25, 0.3) is 0 Å². The van der Waals surface area contributed by atoms with E-state index in [2.05, 4.69) is 5.32 Å². The third-order valence-corrected chi connectivity index (χ3v) is 6.73. The van der Waals surface area contributed by atoms with Crippen LogP contribution in [0.1, 0.15) is 26.2 Å². The van der Waals surface area contributed by atoms with Crippen molar-refractivity contribution >= 4 is 33.2 Å². The molecule has 1 N–H and O–H groups in total. The van der Waals surface area contributed by atoms with Gasteiger partial charge in [-0.3, -0.25) is 9.69 Å². The molecule has 0 spiro atoms. The Morgan fingerprint density at radius 3 is 2.83 bits per heavy atom. The van der Waals surface area contributed by atoms with E-state index in [1.54, 1.807) is 17.0 Å². The Morgan fingerprint density at radius 2 is 2.10 bits per heavy atom. The van der Waals surface area contributed by atoms with Crippen LogP contribution in [0.15, 0.2) is 18.2 Å². The largest absolute Gasteiger partial charge is 0.442 e. The number of benzene rings is 1. The number of amides is 2. The van der Waals surface area contributed by atoms with Crippen LogP contribution in [0.3, 0.4) is 0 Å². The van der Waals surface area contributed by atoms with Gasteiger partial charge in [0.05, 0.1) is 36.0 Å². The summed E-state index contributed by atoms with van der Waals surface area (Å²) in [5, 5.41) is 2.72. The van der Waals surface area contributed by atoms with Crippen molar-refractivity contribution in [1.82, 2.24) is 5.32 Å². The lowest BCUT2D eigenvalue weighted by Gasteiger charge is -2.23. The fraction of sp³-hybridized carbons (Fsp3) is 0.579. The van der Waals surface area contributed by atoms with Crippen molar-refractivity contribution in [2.24, 2.45) is 0 Å². The number of halogens is 1. The van der Waals surface area contributed by atoms with Crippen LogP contribution in [-0.2, 0) is 19.4 Å². The normalized spacial score (nSPS) is 21.6. The molecule has 0 radical (unpaired) electrons. The number of hydrogen-bond acceptors (Lipinski definition) is 6. The molecule has 8 nitrogen and oxygen atoms in total. The fourth-order valence-electron chi connectivity index (χ4n) is 3.48. The van der Waals surface area contributed by atoms with Crippen LogP contribution in [0.2, 0.25) is 0 Å². The molecule has 0 aromatic heterocycles. The number of carbonyl (C=O) groups is 2. The molecule has 0 bridgehead atoms. The van der Waals surface area contributed by atoms with Crippen molar-refractivity contribution in [3.8, 4) is 0 Å². The van der Waals surface area contributed by atoms with Crippen molar-refractivity contribution in [1.29, 1.82) is 0 Å². The molecule has 10 heteroatoms. The van der Waals surface area contributed by atoms with Crippen LogP contribution in [0.5, 0.6) is 0 Å². The van der Waals surface area contributed by atoms with Gasteiger partial charge in [0.25, 0.3) is 0 Å². The lowest BCUT2D eigenvalue weighted by atomic mass is 10.2. The van der Waals surface area contributed by atoms with Crippen molar-refractivity contribution in [2.45, 2.75) is 32.3 Å². The van der Waals surface area contributed by atoms with E-state index in [0.29, 0.717) is 30.8 Å². The molecule has 2 aliphatic heterocycles. The zero-order valence-corrected chi connectivity index (χ0v) is 17.2. The van der Waals surface area contributed by atoms with Crippen LogP contribution in [0.4, 0.5) is 20.6 Å². The smallest absolute Gasteiger partial charge is 0.414 e. The third kappa shape index (κ3) is 5.37. The van der Waals surface area contributed by atoms with E-state index in [-0.39, 0.29) is 37.0 Å². The number of ether oxygens (including phenoxy) is 1. The van der Waals surface area contributed by atoms with Crippen molar-refractivity contribution in [3.63, 3.8) is 0 Å². The summed E-state index contributed by atoms with van der Waals surface area (Å²) in [7, 11) is -3.09. The summed E-state index contributed by atoms with van der Waals surface area (Å²) in [5.41, 5.74) is 0.683. The fourth-order valence-corrected chi connectivity index (χ4v) is 4.75. The van der Waals surface area contributed by atoms with Crippen LogP contribution >= 0.6 is 0 Å². The SMILES string of the molecule is CCCC(=O)NCC1CN(c2ccc(N3CCCS(=O)(=O)CC3)c(F)c2)C(=O)O1. The zero-order chi connectivity index (χ0) is 21.0. The molecule has 2 aliphatic rings. The zero-order valence-electron chi connectivity index (χ0n) is 16.4. The predicted octanol–water partition coefficient (Wildman–Crippen LogP) is 1.69. The Hall–Kier alpha value is -2.36. The highest BCUT2D eigenvalue weighted by molar-refractivity contribution is 7.91. The van der Waals surface area contributed by atoms with E-state index in [9.17, 15) is 22.4 Å². The Morgan fingerprint density at radius 1 is 1.31 bits per heavy atom. The number of rotatable bonds is 6. The van der Waals surface area contributed by atoms with Crippen LogP contribution in [-0.4, -0.2) is 64.2 Å². The minimum absolute atomic E-state index is 0.00191.